The molecular formula is C9H19NO. The molecule has 0 aliphatic rings. The highest BCUT2D eigenvalue weighted by molar-refractivity contribution is 5.06. The predicted molar refractivity (Wildman–Crippen MR) is 48.3 cm³/mol. The lowest BCUT2D eigenvalue weighted by molar-refractivity contribution is 0.186. The van der Waals surface area contributed by atoms with Gasteiger partial charge in [-0.1, -0.05) is 19.4 Å². The monoisotopic (exact) mass is 157 g/mol. The number of hydrogen-bond donors (Lipinski definition) is 2. The molecule has 0 heterocycles. The minimum atomic E-state index is -0.471. The third kappa shape index (κ3) is 4.17. The first-order valence-electron chi connectivity index (χ1n) is 4.19. The summed E-state index contributed by atoms with van der Waals surface area (Å²) in [6.45, 7) is 5.85. The molecule has 1 unspecified atom stereocenters. The van der Waals surface area contributed by atoms with Crippen molar-refractivity contribution >= 4 is 0 Å². The van der Waals surface area contributed by atoms with E-state index in [1.807, 2.05) is 19.9 Å². The lowest BCUT2D eigenvalue weighted by atomic mass is 10.0. The van der Waals surface area contributed by atoms with Crippen molar-refractivity contribution in [2.45, 2.75) is 45.8 Å². The molecule has 0 saturated carbocycles. The quantitative estimate of drug-likeness (QED) is 0.607. The van der Waals surface area contributed by atoms with Gasteiger partial charge in [-0.25, -0.2) is 0 Å². The third-order valence-corrected chi connectivity index (χ3v) is 1.72. The van der Waals surface area contributed by atoms with Crippen molar-refractivity contribution in [3.8, 4) is 0 Å². The predicted octanol–water partition coefficient (Wildman–Crippen LogP) is 1.44. The Bertz CT molecular complexity index is 130. The summed E-state index contributed by atoms with van der Waals surface area (Å²) >= 11 is 0. The average Bonchev–Trinajstić information content (AvgIpc) is 1.98. The first kappa shape index (κ1) is 10.7. The van der Waals surface area contributed by atoms with Gasteiger partial charge in [0.05, 0.1) is 6.10 Å². The van der Waals surface area contributed by atoms with Crippen LogP contribution in [0, 0.1) is 0 Å². The van der Waals surface area contributed by atoms with Gasteiger partial charge in [-0.05, 0) is 25.8 Å². The largest absolute Gasteiger partial charge is 0.387 e. The molecule has 0 amide bonds. The van der Waals surface area contributed by atoms with E-state index in [-0.39, 0.29) is 6.04 Å². The van der Waals surface area contributed by atoms with Gasteiger partial charge in [-0.15, -0.1) is 0 Å². The standard InChI is InChI=1S/C9H19NO/c1-4-5-6-7(2)9(11)8(3)10/h6,8-9,11H,4-5,10H2,1-3H3/b7-6+/t8-,9?/m1/s1. The highest BCUT2D eigenvalue weighted by Gasteiger charge is 2.09. The molecule has 66 valence electrons. The zero-order valence-electron chi connectivity index (χ0n) is 7.67. The molecule has 0 aromatic carbocycles. The van der Waals surface area contributed by atoms with Crippen LogP contribution < -0.4 is 5.73 Å². The van der Waals surface area contributed by atoms with Gasteiger partial charge in [0.15, 0.2) is 0 Å². The van der Waals surface area contributed by atoms with Crippen LogP contribution in [0.3, 0.4) is 0 Å². The molecule has 2 heteroatoms. The second-order valence-corrected chi connectivity index (χ2v) is 3.04. The summed E-state index contributed by atoms with van der Waals surface area (Å²) in [5, 5.41) is 9.43. The topological polar surface area (TPSA) is 46.2 Å². The molecule has 0 radical (unpaired) electrons. The van der Waals surface area contributed by atoms with E-state index in [1.165, 1.54) is 0 Å². The average molecular weight is 157 g/mol. The molecule has 0 spiro atoms. The number of unbranched alkanes of at least 4 members (excludes halogenated alkanes) is 1. The van der Waals surface area contributed by atoms with Gasteiger partial charge >= 0.3 is 0 Å². The molecule has 2 nitrogen and oxygen atoms in total. The van der Waals surface area contributed by atoms with Crippen LogP contribution in [-0.4, -0.2) is 17.3 Å². The van der Waals surface area contributed by atoms with Crippen molar-refractivity contribution in [1.29, 1.82) is 0 Å². The number of allylic oxidation sites excluding steroid dienone is 1. The summed E-state index contributed by atoms with van der Waals surface area (Å²) in [5.41, 5.74) is 6.51. The summed E-state index contributed by atoms with van der Waals surface area (Å²) in [6.07, 6.45) is 3.72. The Labute approximate surface area is 69.1 Å². The number of aliphatic hydroxyl groups excluding tert-OH is 1. The van der Waals surface area contributed by atoms with Gasteiger partial charge in [0.2, 0.25) is 0 Å². The van der Waals surface area contributed by atoms with Gasteiger partial charge in [0.1, 0.15) is 0 Å². The molecule has 0 aliphatic carbocycles. The Morgan fingerprint density at radius 2 is 2.18 bits per heavy atom. The van der Waals surface area contributed by atoms with Crippen molar-refractivity contribution in [3.63, 3.8) is 0 Å². The fourth-order valence-electron chi connectivity index (χ4n) is 0.907. The molecule has 11 heavy (non-hydrogen) atoms. The minimum absolute atomic E-state index is 0.164. The zero-order valence-corrected chi connectivity index (χ0v) is 7.67. The van der Waals surface area contributed by atoms with E-state index in [4.69, 9.17) is 5.73 Å². The van der Waals surface area contributed by atoms with Gasteiger partial charge in [0.25, 0.3) is 0 Å². The lowest BCUT2D eigenvalue weighted by Crippen LogP contribution is -2.32. The second-order valence-electron chi connectivity index (χ2n) is 3.04. The minimum Gasteiger partial charge on any atom is -0.387 e. The molecule has 2 atom stereocenters. The van der Waals surface area contributed by atoms with E-state index in [2.05, 4.69) is 6.92 Å². The Morgan fingerprint density at radius 3 is 2.55 bits per heavy atom. The Morgan fingerprint density at radius 1 is 1.64 bits per heavy atom. The van der Waals surface area contributed by atoms with Crippen molar-refractivity contribution in [3.05, 3.63) is 11.6 Å². The van der Waals surface area contributed by atoms with Gasteiger partial charge in [-0.3, -0.25) is 0 Å². The molecule has 0 fully saturated rings. The summed E-state index contributed by atoms with van der Waals surface area (Å²) in [6, 6.07) is -0.164. The van der Waals surface area contributed by atoms with Crippen LogP contribution >= 0.6 is 0 Å². The van der Waals surface area contributed by atoms with E-state index in [0.717, 1.165) is 18.4 Å². The molecule has 0 rings (SSSR count). The summed E-state index contributed by atoms with van der Waals surface area (Å²) in [7, 11) is 0. The normalized spacial score (nSPS) is 18.1. The van der Waals surface area contributed by atoms with E-state index >= 15 is 0 Å². The van der Waals surface area contributed by atoms with E-state index < -0.39 is 6.10 Å². The maximum atomic E-state index is 9.43. The van der Waals surface area contributed by atoms with Crippen LogP contribution in [0.5, 0.6) is 0 Å². The first-order valence-corrected chi connectivity index (χ1v) is 4.19. The Kier molecular flexibility index (Phi) is 5.16. The number of nitrogens with two attached hydrogens (primary N) is 1. The van der Waals surface area contributed by atoms with Gasteiger partial charge in [0, 0.05) is 6.04 Å². The van der Waals surface area contributed by atoms with Crippen molar-refractivity contribution in [1.82, 2.24) is 0 Å². The summed E-state index contributed by atoms with van der Waals surface area (Å²) in [5.74, 6) is 0. The van der Waals surface area contributed by atoms with Crippen molar-refractivity contribution in [2.24, 2.45) is 5.73 Å². The highest BCUT2D eigenvalue weighted by atomic mass is 16.3. The Hall–Kier alpha value is -0.340. The fourth-order valence-corrected chi connectivity index (χ4v) is 0.907. The maximum absolute atomic E-state index is 9.43. The lowest BCUT2D eigenvalue weighted by Gasteiger charge is -2.14. The van der Waals surface area contributed by atoms with Crippen molar-refractivity contribution < 1.29 is 5.11 Å². The number of aliphatic hydroxyl groups is 1. The molecular weight excluding hydrogens is 138 g/mol. The van der Waals surface area contributed by atoms with Crippen LogP contribution in [0.4, 0.5) is 0 Å². The summed E-state index contributed by atoms with van der Waals surface area (Å²) < 4.78 is 0. The van der Waals surface area contributed by atoms with Crippen LogP contribution in [0.15, 0.2) is 11.6 Å². The van der Waals surface area contributed by atoms with Gasteiger partial charge < -0.3 is 10.8 Å². The third-order valence-electron chi connectivity index (χ3n) is 1.72. The second kappa shape index (κ2) is 5.33. The molecule has 0 aromatic heterocycles. The molecule has 0 bridgehead atoms. The fraction of sp³-hybridized carbons (Fsp3) is 0.778. The van der Waals surface area contributed by atoms with Gasteiger partial charge in [-0.2, -0.15) is 0 Å². The van der Waals surface area contributed by atoms with Crippen LogP contribution in [0.2, 0.25) is 0 Å². The van der Waals surface area contributed by atoms with Crippen LogP contribution in [0.1, 0.15) is 33.6 Å². The number of hydrogen-bond acceptors (Lipinski definition) is 2. The molecule has 3 N–H and O–H groups in total. The SMILES string of the molecule is CCC/C=C(\C)C(O)[C@@H](C)N. The van der Waals surface area contributed by atoms with Crippen LogP contribution in [-0.2, 0) is 0 Å². The van der Waals surface area contributed by atoms with E-state index in [0.29, 0.717) is 0 Å². The number of rotatable bonds is 4. The molecule has 0 aromatic rings. The zero-order chi connectivity index (χ0) is 8.85. The molecule has 0 saturated heterocycles. The highest BCUT2D eigenvalue weighted by Crippen LogP contribution is 2.06. The summed E-state index contributed by atoms with van der Waals surface area (Å²) in [4.78, 5) is 0. The smallest absolute Gasteiger partial charge is 0.0895 e. The van der Waals surface area contributed by atoms with E-state index in [1.54, 1.807) is 0 Å². The van der Waals surface area contributed by atoms with Crippen LogP contribution in [0.25, 0.3) is 0 Å². The maximum Gasteiger partial charge on any atom is 0.0895 e. The Balaban J connectivity index is 3.89. The van der Waals surface area contributed by atoms with E-state index in [9.17, 15) is 5.11 Å². The molecule has 0 aliphatic heterocycles. The first-order chi connectivity index (χ1) is 5.09. The van der Waals surface area contributed by atoms with Crippen molar-refractivity contribution in [2.75, 3.05) is 0 Å².